The zero-order valence-electron chi connectivity index (χ0n) is 11.0. The van der Waals surface area contributed by atoms with Crippen molar-refractivity contribution in [3.8, 4) is 11.3 Å². The first kappa shape index (κ1) is 14.3. The molecule has 0 radical (unpaired) electrons. The molecule has 4 nitrogen and oxygen atoms in total. The molecule has 3 rings (SSSR count). The molecule has 0 spiro atoms. The Morgan fingerprint density at radius 1 is 1.24 bits per heavy atom. The molecule has 0 unspecified atom stereocenters. The third-order valence-corrected chi connectivity index (χ3v) is 4.33. The number of nitrogens with zero attached hydrogens (tertiary/aromatic N) is 2. The van der Waals surface area contributed by atoms with E-state index < -0.39 is 5.97 Å². The van der Waals surface area contributed by atoms with E-state index in [0.717, 1.165) is 20.3 Å². The lowest BCUT2D eigenvalue weighted by molar-refractivity contribution is 0.0596. The van der Waals surface area contributed by atoms with Crippen LogP contribution in [0.1, 0.15) is 10.5 Å². The van der Waals surface area contributed by atoms with Gasteiger partial charge in [-0.05, 0) is 37.9 Å². The Hall–Kier alpha value is -1.66. The van der Waals surface area contributed by atoms with Crippen molar-refractivity contribution < 1.29 is 9.53 Å². The molecule has 0 saturated heterocycles. The van der Waals surface area contributed by atoms with Crippen LogP contribution in [0.3, 0.4) is 0 Å². The van der Waals surface area contributed by atoms with Crippen LogP contribution in [-0.4, -0.2) is 22.5 Å². The molecular formula is C15H10Br2N2O2. The summed E-state index contributed by atoms with van der Waals surface area (Å²) in [6.07, 6.45) is 1.67. The molecular weight excluding hydrogens is 400 g/mol. The van der Waals surface area contributed by atoms with Gasteiger partial charge in [-0.15, -0.1) is 0 Å². The fourth-order valence-corrected chi connectivity index (χ4v) is 3.70. The van der Waals surface area contributed by atoms with E-state index in [2.05, 4.69) is 36.8 Å². The van der Waals surface area contributed by atoms with Crippen molar-refractivity contribution in [1.82, 2.24) is 9.38 Å². The molecule has 1 aromatic carbocycles. The zero-order chi connectivity index (χ0) is 15.0. The first-order chi connectivity index (χ1) is 10.1. The van der Waals surface area contributed by atoms with Gasteiger partial charge in [-0.1, -0.05) is 30.3 Å². The third kappa shape index (κ3) is 2.38. The van der Waals surface area contributed by atoms with Gasteiger partial charge in [0, 0.05) is 10.0 Å². The van der Waals surface area contributed by atoms with Gasteiger partial charge in [0.1, 0.15) is 0 Å². The summed E-state index contributed by atoms with van der Waals surface area (Å²) in [5, 5.41) is 0. The van der Waals surface area contributed by atoms with Crippen molar-refractivity contribution in [3.05, 3.63) is 57.4 Å². The highest BCUT2D eigenvalue weighted by atomic mass is 79.9. The Balaban J connectivity index is 2.38. The summed E-state index contributed by atoms with van der Waals surface area (Å²) >= 11 is 7.00. The Morgan fingerprint density at radius 2 is 1.95 bits per heavy atom. The number of carbonyl (C=O) groups is 1. The molecule has 106 valence electrons. The standard InChI is InChI=1S/C15H10Br2N2O2/c1-21-15(20)13-14-10(16)7-12(17)19(14)11(8-18-13)9-5-3-2-4-6-9/h2-8H,1H3. The number of carbonyl (C=O) groups excluding carboxylic acids is 1. The second kappa shape index (κ2) is 5.61. The molecule has 0 bridgehead atoms. The molecule has 0 fully saturated rings. The predicted molar refractivity (Wildman–Crippen MR) is 87.4 cm³/mol. The van der Waals surface area contributed by atoms with Gasteiger partial charge in [-0.25, -0.2) is 9.78 Å². The first-order valence-electron chi connectivity index (χ1n) is 6.12. The molecule has 0 aliphatic rings. The maximum Gasteiger partial charge on any atom is 0.358 e. The monoisotopic (exact) mass is 408 g/mol. The lowest BCUT2D eigenvalue weighted by atomic mass is 10.1. The van der Waals surface area contributed by atoms with E-state index in [4.69, 9.17) is 4.74 Å². The molecule has 0 N–H and O–H groups in total. The van der Waals surface area contributed by atoms with Crippen molar-refractivity contribution in [3.63, 3.8) is 0 Å². The fraction of sp³-hybridized carbons (Fsp3) is 0.0667. The number of ether oxygens (including phenoxy) is 1. The zero-order valence-corrected chi connectivity index (χ0v) is 14.2. The fourth-order valence-electron chi connectivity index (χ4n) is 2.21. The molecule has 2 aromatic heterocycles. The van der Waals surface area contributed by atoms with Crippen LogP contribution >= 0.6 is 31.9 Å². The summed E-state index contributed by atoms with van der Waals surface area (Å²) in [4.78, 5) is 16.2. The lowest BCUT2D eigenvalue weighted by Crippen LogP contribution is -2.08. The number of esters is 1. The largest absolute Gasteiger partial charge is 0.464 e. The summed E-state index contributed by atoms with van der Waals surface area (Å²) in [6.45, 7) is 0. The van der Waals surface area contributed by atoms with Crippen molar-refractivity contribution in [2.75, 3.05) is 7.11 Å². The second-order valence-electron chi connectivity index (χ2n) is 4.35. The Labute approximate surface area is 138 Å². The normalized spacial score (nSPS) is 10.8. The van der Waals surface area contributed by atoms with Crippen LogP contribution in [0.15, 0.2) is 51.7 Å². The molecule has 21 heavy (non-hydrogen) atoms. The van der Waals surface area contributed by atoms with E-state index in [9.17, 15) is 4.79 Å². The number of methoxy groups -OCH3 is 1. The van der Waals surface area contributed by atoms with Crippen molar-refractivity contribution in [2.45, 2.75) is 0 Å². The van der Waals surface area contributed by atoms with Crippen LogP contribution < -0.4 is 0 Å². The second-order valence-corrected chi connectivity index (χ2v) is 6.02. The van der Waals surface area contributed by atoms with Gasteiger partial charge in [0.25, 0.3) is 0 Å². The van der Waals surface area contributed by atoms with Crippen LogP contribution in [0.4, 0.5) is 0 Å². The average molecular weight is 410 g/mol. The van der Waals surface area contributed by atoms with E-state index in [-0.39, 0.29) is 5.69 Å². The topological polar surface area (TPSA) is 43.6 Å². The summed E-state index contributed by atoms with van der Waals surface area (Å²) in [5.41, 5.74) is 2.84. The highest BCUT2D eigenvalue weighted by Gasteiger charge is 2.20. The van der Waals surface area contributed by atoms with E-state index >= 15 is 0 Å². The summed E-state index contributed by atoms with van der Waals surface area (Å²) in [5.74, 6) is -0.467. The molecule has 3 aromatic rings. The molecule has 0 amide bonds. The van der Waals surface area contributed by atoms with Gasteiger partial charge in [0.15, 0.2) is 5.69 Å². The lowest BCUT2D eigenvalue weighted by Gasteiger charge is -2.10. The van der Waals surface area contributed by atoms with Crippen LogP contribution in [0, 0.1) is 0 Å². The number of fused-ring (bicyclic) bond motifs is 1. The smallest absolute Gasteiger partial charge is 0.358 e. The summed E-state index contributed by atoms with van der Waals surface area (Å²) < 4.78 is 8.34. The Bertz CT molecular complexity index is 829. The Kier molecular flexibility index (Phi) is 3.82. The number of hydrogen-bond donors (Lipinski definition) is 0. The minimum atomic E-state index is -0.467. The summed E-state index contributed by atoms with van der Waals surface area (Å²) in [7, 11) is 1.34. The number of benzene rings is 1. The van der Waals surface area contributed by atoms with Gasteiger partial charge in [0.05, 0.1) is 29.1 Å². The average Bonchev–Trinajstić information content (AvgIpc) is 2.82. The van der Waals surface area contributed by atoms with Crippen molar-refractivity contribution in [2.24, 2.45) is 0 Å². The van der Waals surface area contributed by atoms with E-state index in [1.54, 1.807) is 6.20 Å². The molecule has 0 saturated carbocycles. The van der Waals surface area contributed by atoms with Crippen LogP contribution in [0.2, 0.25) is 0 Å². The predicted octanol–water partition coefficient (Wildman–Crippen LogP) is 4.31. The van der Waals surface area contributed by atoms with Gasteiger partial charge < -0.3 is 4.74 Å². The van der Waals surface area contributed by atoms with Crippen LogP contribution in [-0.2, 0) is 4.74 Å². The van der Waals surface area contributed by atoms with Gasteiger partial charge in [0.2, 0.25) is 0 Å². The first-order valence-corrected chi connectivity index (χ1v) is 7.71. The van der Waals surface area contributed by atoms with E-state index in [1.165, 1.54) is 7.11 Å². The minimum absolute atomic E-state index is 0.273. The molecule has 0 aliphatic carbocycles. The van der Waals surface area contributed by atoms with Crippen molar-refractivity contribution in [1.29, 1.82) is 0 Å². The quantitative estimate of drug-likeness (QED) is 0.592. The number of rotatable bonds is 2. The Morgan fingerprint density at radius 3 is 2.62 bits per heavy atom. The van der Waals surface area contributed by atoms with Crippen LogP contribution in [0.5, 0.6) is 0 Å². The SMILES string of the molecule is COC(=O)c1ncc(-c2ccccc2)n2c(Br)cc(Br)c12. The minimum Gasteiger partial charge on any atom is -0.464 e. The molecule has 2 heterocycles. The maximum atomic E-state index is 11.9. The molecule has 0 atom stereocenters. The van der Waals surface area contributed by atoms with Gasteiger partial charge >= 0.3 is 5.97 Å². The maximum absolute atomic E-state index is 11.9. The van der Waals surface area contributed by atoms with Gasteiger partial charge in [-0.2, -0.15) is 0 Å². The number of aromatic nitrogens is 2. The molecule has 6 heteroatoms. The van der Waals surface area contributed by atoms with E-state index in [0.29, 0.717) is 5.52 Å². The van der Waals surface area contributed by atoms with E-state index in [1.807, 2.05) is 40.8 Å². The van der Waals surface area contributed by atoms with Crippen LogP contribution in [0.25, 0.3) is 16.8 Å². The van der Waals surface area contributed by atoms with Gasteiger partial charge in [-0.3, -0.25) is 4.40 Å². The number of halogens is 2. The molecule has 0 aliphatic heterocycles. The van der Waals surface area contributed by atoms with Crippen molar-refractivity contribution >= 4 is 43.3 Å². The number of hydrogen-bond acceptors (Lipinski definition) is 3. The highest BCUT2D eigenvalue weighted by Crippen LogP contribution is 2.33. The summed E-state index contributed by atoms with van der Waals surface area (Å²) in [6, 6.07) is 11.8. The third-order valence-electron chi connectivity index (χ3n) is 3.14. The highest BCUT2D eigenvalue weighted by molar-refractivity contribution is 9.11.